The Morgan fingerprint density at radius 3 is 2.55 bits per heavy atom. The monoisotopic (exact) mass is 474 g/mol. The number of hydrogen-bond donors (Lipinski definition) is 3. The maximum Gasteiger partial charge on any atom is 0.265 e. The van der Waals surface area contributed by atoms with Crippen molar-refractivity contribution < 1.29 is 27.9 Å². The zero-order valence-electron chi connectivity index (χ0n) is 18.2. The Balaban J connectivity index is 1.39. The maximum atomic E-state index is 13.3. The number of para-hydroxylation sites is 2. The minimum absolute atomic E-state index is 0.0156. The number of anilines is 1. The highest BCUT2D eigenvalue weighted by atomic mass is 32.2. The van der Waals surface area contributed by atoms with Crippen molar-refractivity contribution >= 4 is 32.7 Å². The third kappa shape index (κ3) is 4.26. The number of amides is 1. The molecule has 0 radical (unpaired) electrons. The molecule has 33 heavy (non-hydrogen) atoms. The van der Waals surface area contributed by atoms with Gasteiger partial charge in [-0.1, -0.05) is 12.1 Å². The van der Waals surface area contributed by atoms with Crippen LogP contribution in [-0.4, -0.2) is 60.2 Å². The molecule has 0 bridgehead atoms. The SMILES string of the molecule is Cn1c(NCCOc2ccc(S(=O)(=O)C3(C(=O)NO)CCOCC3)cc2)nc2ccccc21. The highest BCUT2D eigenvalue weighted by Gasteiger charge is 2.52. The molecule has 1 amide bonds. The Morgan fingerprint density at radius 1 is 1.18 bits per heavy atom. The summed E-state index contributed by atoms with van der Waals surface area (Å²) in [6.07, 6.45) is -0.0678. The van der Waals surface area contributed by atoms with E-state index >= 15 is 0 Å². The first kappa shape index (κ1) is 23.0. The van der Waals surface area contributed by atoms with Crippen molar-refractivity contribution in [3.8, 4) is 5.75 Å². The minimum Gasteiger partial charge on any atom is -0.492 e. The van der Waals surface area contributed by atoms with Crippen LogP contribution in [0.4, 0.5) is 5.95 Å². The van der Waals surface area contributed by atoms with Gasteiger partial charge in [-0.2, -0.15) is 0 Å². The van der Waals surface area contributed by atoms with Crippen molar-refractivity contribution in [1.82, 2.24) is 15.0 Å². The van der Waals surface area contributed by atoms with Crippen molar-refractivity contribution in [2.45, 2.75) is 22.5 Å². The van der Waals surface area contributed by atoms with E-state index in [1.165, 1.54) is 17.6 Å². The Kier molecular flexibility index (Phi) is 6.54. The summed E-state index contributed by atoms with van der Waals surface area (Å²) < 4.78 is 37.6. The Bertz CT molecular complexity index is 1230. The van der Waals surface area contributed by atoms with E-state index in [0.717, 1.165) is 17.0 Å². The Labute approximate surface area is 191 Å². The van der Waals surface area contributed by atoms with Crippen LogP contribution in [0.2, 0.25) is 0 Å². The molecule has 4 rings (SSSR count). The van der Waals surface area contributed by atoms with Gasteiger partial charge >= 0.3 is 0 Å². The van der Waals surface area contributed by atoms with Gasteiger partial charge in [-0.3, -0.25) is 10.0 Å². The molecule has 11 heteroatoms. The standard InChI is InChI=1S/C22H26N4O6S/c1-26-19-5-3-2-4-18(19)24-21(26)23-12-15-32-16-6-8-17(9-7-16)33(29,30)22(20(27)25-28)10-13-31-14-11-22/h2-9,28H,10-15H2,1H3,(H,23,24)(H,25,27). The number of ether oxygens (including phenoxy) is 2. The zero-order valence-corrected chi connectivity index (χ0v) is 19.0. The van der Waals surface area contributed by atoms with Gasteiger partial charge in [0.05, 0.1) is 22.5 Å². The Hall–Kier alpha value is -3.15. The lowest BCUT2D eigenvalue weighted by molar-refractivity contribution is -0.134. The van der Waals surface area contributed by atoms with Crippen LogP contribution in [0.5, 0.6) is 5.75 Å². The van der Waals surface area contributed by atoms with Crippen molar-refractivity contribution in [3.63, 3.8) is 0 Å². The molecular formula is C22H26N4O6S. The van der Waals surface area contributed by atoms with E-state index in [4.69, 9.17) is 14.7 Å². The molecule has 3 aromatic rings. The van der Waals surface area contributed by atoms with Crippen LogP contribution in [0.25, 0.3) is 11.0 Å². The number of imidazole rings is 1. The molecule has 0 spiro atoms. The van der Waals surface area contributed by atoms with Crippen LogP contribution in [0, 0.1) is 0 Å². The molecule has 0 unspecified atom stereocenters. The fourth-order valence-corrected chi connectivity index (χ4v) is 5.94. The summed E-state index contributed by atoms with van der Waals surface area (Å²) in [6.45, 7) is 1.07. The highest BCUT2D eigenvalue weighted by molar-refractivity contribution is 7.93. The van der Waals surface area contributed by atoms with Gasteiger partial charge < -0.3 is 19.4 Å². The number of hydroxylamine groups is 1. The first-order chi connectivity index (χ1) is 15.9. The molecule has 2 aromatic carbocycles. The van der Waals surface area contributed by atoms with E-state index in [1.807, 2.05) is 35.9 Å². The topological polar surface area (TPSA) is 132 Å². The molecule has 1 aliphatic rings. The number of sulfone groups is 1. The smallest absolute Gasteiger partial charge is 0.265 e. The molecule has 1 fully saturated rings. The zero-order chi connectivity index (χ0) is 23.5. The number of fused-ring (bicyclic) bond motifs is 1. The van der Waals surface area contributed by atoms with E-state index in [-0.39, 0.29) is 31.0 Å². The van der Waals surface area contributed by atoms with E-state index in [1.54, 1.807) is 12.1 Å². The quantitative estimate of drug-likeness (QED) is 0.256. The van der Waals surface area contributed by atoms with Crippen LogP contribution in [0.1, 0.15) is 12.8 Å². The van der Waals surface area contributed by atoms with E-state index in [9.17, 15) is 13.2 Å². The van der Waals surface area contributed by atoms with Gasteiger partial charge in [0.1, 0.15) is 12.4 Å². The number of aromatic nitrogens is 2. The van der Waals surface area contributed by atoms with Gasteiger partial charge in [0, 0.05) is 20.3 Å². The highest BCUT2D eigenvalue weighted by Crippen LogP contribution is 2.35. The fourth-order valence-electron chi connectivity index (χ4n) is 4.00. The van der Waals surface area contributed by atoms with Crippen molar-refractivity contribution in [1.29, 1.82) is 0 Å². The molecule has 0 saturated carbocycles. The lowest BCUT2D eigenvalue weighted by Crippen LogP contribution is -2.54. The molecule has 2 heterocycles. The summed E-state index contributed by atoms with van der Waals surface area (Å²) in [5, 5.41) is 12.4. The second-order valence-corrected chi connectivity index (χ2v) is 10.0. The number of carbonyl (C=O) groups is 1. The van der Waals surface area contributed by atoms with Gasteiger partial charge in [-0.15, -0.1) is 0 Å². The summed E-state index contributed by atoms with van der Waals surface area (Å²) in [7, 11) is -2.13. The number of carbonyl (C=O) groups excluding carboxylic acids is 1. The van der Waals surface area contributed by atoms with E-state index < -0.39 is 20.5 Å². The number of nitrogens with one attached hydrogen (secondary N) is 2. The third-order valence-electron chi connectivity index (χ3n) is 5.91. The van der Waals surface area contributed by atoms with Crippen molar-refractivity contribution in [2.75, 3.05) is 31.7 Å². The van der Waals surface area contributed by atoms with Gasteiger partial charge in [0.2, 0.25) is 5.95 Å². The number of rotatable bonds is 8. The first-order valence-electron chi connectivity index (χ1n) is 10.5. The molecule has 10 nitrogen and oxygen atoms in total. The van der Waals surface area contributed by atoms with Gasteiger partial charge in [-0.05, 0) is 49.2 Å². The maximum absolute atomic E-state index is 13.3. The molecule has 176 valence electrons. The minimum atomic E-state index is -4.06. The van der Waals surface area contributed by atoms with Crippen LogP contribution in [0.3, 0.4) is 0 Å². The number of hydrogen-bond acceptors (Lipinski definition) is 8. The van der Waals surface area contributed by atoms with E-state index in [0.29, 0.717) is 18.9 Å². The summed E-state index contributed by atoms with van der Waals surface area (Å²) >= 11 is 0. The molecule has 0 aliphatic carbocycles. The lowest BCUT2D eigenvalue weighted by Gasteiger charge is -2.34. The van der Waals surface area contributed by atoms with Crippen LogP contribution in [0.15, 0.2) is 53.4 Å². The molecule has 3 N–H and O–H groups in total. The molecule has 1 aliphatic heterocycles. The molecule has 0 atom stereocenters. The Morgan fingerprint density at radius 2 is 1.88 bits per heavy atom. The van der Waals surface area contributed by atoms with Crippen molar-refractivity contribution in [2.24, 2.45) is 7.05 Å². The van der Waals surface area contributed by atoms with Gasteiger partial charge in [0.15, 0.2) is 14.6 Å². The lowest BCUT2D eigenvalue weighted by atomic mass is 9.98. The normalized spacial score (nSPS) is 15.8. The summed E-state index contributed by atoms with van der Waals surface area (Å²) in [4.78, 5) is 16.8. The number of aryl methyl sites for hydroxylation is 1. The third-order valence-corrected chi connectivity index (χ3v) is 8.42. The number of benzene rings is 2. The average Bonchev–Trinajstić information content (AvgIpc) is 3.17. The van der Waals surface area contributed by atoms with Crippen LogP contribution >= 0.6 is 0 Å². The summed E-state index contributed by atoms with van der Waals surface area (Å²) in [6, 6.07) is 13.7. The van der Waals surface area contributed by atoms with Gasteiger partial charge in [-0.25, -0.2) is 18.9 Å². The van der Waals surface area contributed by atoms with Crippen LogP contribution in [-0.2, 0) is 26.4 Å². The number of nitrogens with zero attached hydrogens (tertiary/aromatic N) is 2. The average molecular weight is 475 g/mol. The summed E-state index contributed by atoms with van der Waals surface area (Å²) in [5.74, 6) is 0.276. The second-order valence-electron chi connectivity index (χ2n) is 7.78. The van der Waals surface area contributed by atoms with Crippen LogP contribution < -0.4 is 15.5 Å². The summed E-state index contributed by atoms with van der Waals surface area (Å²) in [5.41, 5.74) is 3.43. The molecule has 1 aromatic heterocycles. The molecule has 1 saturated heterocycles. The second kappa shape index (κ2) is 9.38. The largest absolute Gasteiger partial charge is 0.492 e. The predicted octanol–water partition coefficient (Wildman–Crippen LogP) is 1.89. The van der Waals surface area contributed by atoms with E-state index in [2.05, 4.69) is 10.3 Å². The van der Waals surface area contributed by atoms with Crippen molar-refractivity contribution in [3.05, 3.63) is 48.5 Å². The predicted molar refractivity (Wildman–Crippen MR) is 121 cm³/mol. The van der Waals surface area contributed by atoms with Gasteiger partial charge in [0.25, 0.3) is 5.91 Å². The fraction of sp³-hybridized carbons (Fsp3) is 0.364. The first-order valence-corrected chi connectivity index (χ1v) is 12.0. The molecular weight excluding hydrogens is 448 g/mol.